The molecule has 9 heteroatoms. The molecule has 2 aromatic rings. The van der Waals surface area contributed by atoms with Crippen LogP contribution in [0.15, 0.2) is 16.8 Å². The second-order valence-corrected chi connectivity index (χ2v) is 8.22. The summed E-state index contributed by atoms with van der Waals surface area (Å²) in [6, 6.07) is 1.78. The van der Waals surface area contributed by atoms with Crippen molar-refractivity contribution in [3.05, 3.63) is 34.8 Å². The standard InChI is InChI=1S/C22H30N6O3/c1-4-6-26-7-5-8-27(10-9-26)22(30)17-11-19-21(23-12-17)24-13-20(29)28(19)14-18-15(2)25-31-16(18)3/h11-12H,4-10,13-14H2,1-3H3,(H,23,24). The van der Waals surface area contributed by atoms with Crippen LogP contribution in [0.1, 0.15) is 47.1 Å². The predicted molar refractivity (Wildman–Crippen MR) is 117 cm³/mol. The summed E-state index contributed by atoms with van der Waals surface area (Å²) in [6.45, 7) is 10.8. The number of amides is 2. The van der Waals surface area contributed by atoms with Crippen molar-refractivity contribution >= 4 is 23.3 Å². The summed E-state index contributed by atoms with van der Waals surface area (Å²) in [7, 11) is 0. The SMILES string of the molecule is CCCN1CCCN(C(=O)c2cnc3c(c2)N(Cc2c(C)noc2C)C(=O)CN3)CC1. The Bertz CT molecular complexity index is 953. The molecule has 2 aliphatic heterocycles. The fraction of sp³-hybridized carbons (Fsp3) is 0.545. The van der Waals surface area contributed by atoms with E-state index in [-0.39, 0.29) is 18.4 Å². The van der Waals surface area contributed by atoms with E-state index in [0.29, 0.717) is 35.9 Å². The third kappa shape index (κ3) is 4.41. The quantitative estimate of drug-likeness (QED) is 0.783. The third-order valence-corrected chi connectivity index (χ3v) is 6.03. The average molecular weight is 427 g/mol. The number of aromatic nitrogens is 2. The highest BCUT2D eigenvalue weighted by molar-refractivity contribution is 6.04. The predicted octanol–water partition coefficient (Wildman–Crippen LogP) is 2.20. The number of hydrogen-bond donors (Lipinski definition) is 1. The summed E-state index contributed by atoms with van der Waals surface area (Å²) < 4.78 is 5.26. The second-order valence-electron chi connectivity index (χ2n) is 8.22. The van der Waals surface area contributed by atoms with Crippen molar-refractivity contribution in [2.24, 2.45) is 0 Å². The zero-order valence-electron chi connectivity index (χ0n) is 18.5. The molecule has 2 aliphatic rings. The van der Waals surface area contributed by atoms with Gasteiger partial charge in [-0.25, -0.2) is 4.98 Å². The van der Waals surface area contributed by atoms with Gasteiger partial charge in [-0.3, -0.25) is 9.59 Å². The summed E-state index contributed by atoms with van der Waals surface area (Å²) in [6.07, 6.45) is 3.68. The number of carbonyl (C=O) groups excluding carboxylic acids is 2. The number of rotatable bonds is 5. The van der Waals surface area contributed by atoms with Crippen LogP contribution in [0.5, 0.6) is 0 Å². The van der Waals surface area contributed by atoms with E-state index in [1.807, 2.05) is 18.7 Å². The van der Waals surface area contributed by atoms with Gasteiger partial charge in [0.05, 0.1) is 30.0 Å². The highest BCUT2D eigenvalue weighted by Gasteiger charge is 2.29. The monoisotopic (exact) mass is 426 g/mol. The summed E-state index contributed by atoms with van der Waals surface area (Å²) in [5, 5.41) is 7.04. The molecule has 2 aromatic heterocycles. The van der Waals surface area contributed by atoms with Gasteiger partial charge in [-0.1, -0.05) is 12.1 Å². The number of nitrogens with one attached hydrogen (secondary N) is 1. The normalized spacial score (nSPS) is 17.3. The molecular weight excluding hydrogens is 396 g/mol. The van der Waals surface area contributed by atoms with Crippen molar-refractivity contribution in [1.82, 2.24) is 19.9 Å². The van der Waals surface area contributed by atoms with Gasteiger partial charge in [0.15, 0.2) is 5.82 Å². The first kappa shape index (κ1) is 21.3. The zero-order chi connectivity index (χ0) is 22.0. The van der Waals surface area contributed by atoms with Gasteiger partial charge >= 0.3 is 0 Å². The van der Waals surface area contributed by atoms with Gasteiger partial charge in [-0.15, -0.1) is 0 Å². The smallest absolute Gasteiger partial charge is 0.255 e. The topological polar surface area (TPSA) is 94.8 Å². The average Bonchev–Trinajstić information content (AvgIpc) is 2.94. The minimum absolute atomic E-state index is 0.0380. The van der Waals surface area contributed by atoms with E-state index >= 15 is 0 Å². The van der Waals surface area contributed by atoms with E-state index in [2.05, 4.69) is 27.3 Å². The van der Waals surface area contributed by atoms with E-state index in [1.54, 1.807) is 17.2 Å². The van der Waals surface area contributed by atoms with Crippen molar-refractivity contribution in [1.29, 1.82) is 0 Å². The molecule has 166 valence electrons. The van der Waals surface area contributed by atoms with E-state index in [4.69, 9.17) is 4.52 Å². The number of fused-ring (bicyclic) bond motifs is 1. The first-order valence-corrected chi connectivity index (χ1v) is 11.0. The molecule has 0 aromatic carbocycles. The Morgan fingerprint density at radius 2 is 2.06 bits per heavy atom. The Hall–Kier alpha value is -2.94. The fourth-order valence-corrected chi connectivity index (χ4v) is 4.26. The van der Waals surface area contributed by atoms with Gasteiger partial charge in [0.2, 0.25) is 5.91 Å². The lowest BCUT2D eigenvalue weighted by Gasteiger charge is -2.30. The van der Waals surface area contributed by atoms with Crippen LogP contribution in [0.4, 0.5) is 11.5 Å². The van der Waals surface area contributed by atoms with E-state index in [9.17, 15) is 9.59 Å². The molecule has 0 atom stereocenters. The summed E-state index contributed by atoms with van der Waals surface area (Å²) in [4.78, 5) is 36.4. The molecule has 4 heterocycles. The van der Waals surface area contributed by atoms with Crippen LogP contribution < -0.4 is 10.2 Å². The number of anilines is 2. The largest absolute Gasteiger partial charge is 0.361 e. The van der Waals surface area contributed by atoms with Gasteiger partial charge < -0.3 is 24.5 Å². The lowest BCUT2D eigenvalue weighted by Crippen LogP contribution is -2.40. The van der Waals surface area contributed by atoms with Gasteiger partial charge in [0.25, 0.3) is 5.91 Å². The third-order valence-electron chi connectivity index (χ3n) is 6.03. The molecule has 0 bridgehead atoms. The van der Waals surface area contributed by atoms with Crippen molar-refractivity contribution in [2.45, 2.75) is 40.2 Å². The molecular formula is C22H30N6O3. The highest BCUT2D eigenvalue weighted by Crippen LogP contribution is 2.31. The number of pyridine rings is 1. The van der Waals surface area contributed by atoms with E-state index in [1.165, 1.54) is 0 Å². The van der Waals surface area contributed by atoms with Crippen molar-refractivity contribution in [3.63, 3.8) is 0 Å². The molecule has 2 amide bonds. The molecule has 31 heavy (non-hydrogen) atoms. The molecule has 1 saturated heterocycles. The molecule has 1 N–H and O–H groups in total. The molecule has 0 spiro atoms. The van der Waals surface area contributed by atoms with Crippen LogP contribution >= 0.6 is 0 Å². The maximum absolute atomic E-state index is 13.2. The van der Waals surface area contributed by atoms with Gasteiger partial charge in [-0.05, 0) is 45.8 Å². The lowest BCUT2D eigenvalue weighted by atomic mass is 10.1. The zero-order valence-corrected chi connectivity index (χ0v) is 18.5. The fourth-order valence-electron chi connectivity index (χ4n) is 4.26. The second kappa shape index (κ2) is 9.05. The molecule has 0 radical (unpaired) electrons. The molecule has 0 unspecified atom stereocenters. The first-order valence-electron chi connectivity index (χ1n) is 11.0. The number of aryl methyl sites for hydroxylation is 2. The molecule has 4 rings (SSSR count). The van der Waals surface area contributed by atoms with Crippen LogP contribution in [-0.4, -0.2) is 71.0 Å². The summed E-state index contributed by atoms with van der Waals surface area (Å²) >= 11 is 0. The van der Waals surface area contributed by atoms with Crippen LogP contribution in [0.3, 0.4) is 0 Å². The number of carbonyl (C=O) groups is 2. The van der Waals surface area contributed by atoms with Crippen LogP contribution in [0, 0.1) is 13.8 Å². The minimum Gasteiger partial charge on any atom is -0.361 e. The molecule has 0 saturated carbocycles. The minimum atomic E-state index is -0.0797. The summed E-state index contributed by atoms with van der Waals surface area (Å²) in [5.74, 6) is 1.17. The van der Waals surface area contributed by atoms with Crippen LogP contribution in [0.2, 0.25) is 0 Å². The van der Waals surface area contributed by atoms with Crippen molar-refractivity contribution < 1.29 is 14.1 Å². The molecule has 9 nitrogen and oxygen atoms in total. The number of nitrogens with zero attached hydrogens (tertiary/aromatic N) is 5. The van der Waals surface area contributed by atoms with Crippen LogP contribution in [-0.2, 0) is 11.3 Å². The molecule has 1 fully saturated rings. The van der Waals surface area contributed by atoms with Gasteiger partial charge in [0.1, 0.15) is 5.76 Å². The Kier molecular flexibility index (Phi) is 6.22. The molecule has 0 aliphatic carbocycles. The Labute approximate surface area is 182 Å². The van der Waals surface area contributed by atoms with Crippen molar-refractivity contribution in [3.8, 4) is 0 Å². The van der Waals surface area contributed by atoms with Crippen LogP contribution in [0.25, 0.3) is 0 Å². The van der Waals surface area contributed by atoms with Crippen molar-refractivity contribution in [2.75, 3.05) is 49.5 Å². The summed E-state index contributed by atoms with van der Waals surface area (Å²) in [5.41, 5.74) is 2.75. The first-order chi connectivity index (χ1) is 15.0. The lowest BCUT2D eigenvalue weighted by molar-refractivity contribution is -0.117. The highest BCUT2D eigenvalue weighted by atomic mass is 16.5. The Balaban J connectivity index is 1.57. The Morgan fingerprint density at radius 1 is 1.23 bits per heavy atom. The van der Waals surface area contributed by atoms with Gasteiger partial charge in [-0.2, -0.15) is 0 Å². The Morgan fingerprint density at radius 3 is 2.81 bits per heavy atom. The van der Waals surface area contributed by atoms with E-state index in [0.717, 1.165) is 50.3 Å². The van der Waals surface area contributed by atoms with E-state index < -0.39 is 0 Å². The maximum atomic E-state index is 13.2. The maximum Gasteiger partial charge on any atom is 0.255 e. The number of hydrogen-bond acceptors (Lipinski definition) is 7. The van der Waals surface area contributed by atoms with Gasteiger partial charge in [0, 0.05) is 31.4 Å².